The Morgan fingerprint density at radius 2 is 2.26 bits per heavy atom. The summed E-state index contributed by atoms with van der Waals surface area (Å²) in [7, 11) is 2.04. The Morgan fingerprint density at radius 1 is 1.47 bits per heavy atom. The van der Waals surface area contributed by atoms with Gasteiger partial charge in [-0.2, -0.15) is 0 Å². The van der Waals surface area contributed by atoms with Crippen molar-refractivity contribution in [3.8, 4) is 0 Å². The van der Waals surface area contributed by atoms with Crippen molar-refractivity contribution in [1.29, 1.82) is 0 Å². The van der Waals surface area contributed by atoms with Gasteiger partial charge < -0.3 is 14.4 Å². The van der Waals surface area contributed by atoms with Crippen molar-refractivity contribution >= 4 is 11.0 Å². The third-order valence-electron chi connectivity index (χ3n) is 4.22. The number of piperidine rings is 1. The molecule has 4 heteroatoms. The molecular weight excluding hydrogens is 245 g/mol. The molecule has 1 fully saturated rings. The first-order valence-electron chi connectivity index (χ1n) is 6.61. The van der Waals surface area contributed by atoms with Gasteiger partial charge in [-0.15, -0.1) is 0 Å². The van der Waals surface area contributed by atoms with Gasteiger partial charge in [0.2, 0.25) is 0 Å². The SMILES string of the molecule is CC1CC(O)(c2cc3cccc(F)c3o2)CCN1C. The quantitative estimate of drug-likeness (QED) is 0.859. The molecule has 0 bridgehead atoms. The lowest BCUT2D eigenvalue weighted by atomic mass is 9.85. The highest BCUT2D eigenvalue weighted by atomic mass is 19.1. The van der Waals surface area contributed by atoms with Gasteiger partial charge in [0.15, 0.2) is 11.4 Å². The van der Waals surface area contributed by atoms with Gasteiger partial charge in [-0.1, -0.05) is 12.1 Å². The first-order valence-corrected chi connectivity index (χ1v) is 6.61. The van der Waals surface area contributed by atoms with Crippen LogP contribution in [-0.4, -0.2) is 29.6 Å². The summed E-state index contributed by atoms with van der Waals surface area (Å²) >= 11 is 0. The summed E-state index contributed by atoms with van der Waals surface area (Å²) < 4.78 is 19.2. The normalized spacial score (nSPS) is 28.9. The second-order valence-corrected chi connectivity index (χ2v) is 5.58. The van der Waals surface area contributed by atoms with E-state index in [0.29, 0.717) is 24.0 Å². The molecular formula is C15H18FNO2. The van der Waals surface area contributed by atoms with Crippen LogP contribution >= 0.6 is 0 Å². The topological polar surface area (TPSA) is 36.6 Å². The van der Waals surface area contributed by atoms with E-state index in [1.54, 1.807) is 18.2 Å². The molecule has 2 heterocycles. The van der Waals surface area contributed by atoms with Crippen LogP contribution in [0.5, 0.6) is 0 Å². The van der Waals surface area contributed by atoms with E-state index in [1.165, 1.54) is 6.07 Å². The molecule has 2 unspecified atom stereocenters. The van der Waals surface area contributed by atoms with Crippen LogP contribution in [0.4, 0.5) is 4.39 Å². The Bertz CT molecular complexity index is 609. The minimum Gasteiger partial charge on any atom is -0.455 e. The molecule has 1 saturated heterocycles. The van der Waals surface area contributed by atoms with Crippen LogP contribution in [-0.2, 0) is 5.60 Å². The van der Waals surface area contributed by atoms with Crippen LogP contribution in [0.25, 0.3) is 11.0 Å². The molecule has 1 N–H and O–H groups in total. The maximum absolute atomic E-state index is 13.6. The number of likely N-dealkylation sites (tertiary alicyclic amines) is 1. The lowest BCUT2D eigenvalue weighted by Crippen LogP contribution is -2.45. The fraction of sp³-hybridized carbons (Fsp3) is 0.467. The van der Waals surface area contributed by atoms with Crippen molar-refractivity contribution in [1.82, 2.24) is 4.90 Å². The van der Waals surface area contributed by atoms with Gasteiger partial charge in [-0.3, -0.25) is 0 Å². The summed E-state index contributed by atoms with van der Waals surface area (Å²) in [5, 5.41) is 11.5. The van der Waals surface area contributed by atoms with Crippen molar-refractivity contribution < 1.29 is 13.9 Å². The van der Waals surface area contributed by atoms with Crippen LogP contribution < -0.4 is 0 Å². The number of para-hydroxylation sites is 1. The summed E-state index contributed by atoms with van der Waals surface area (Å²) in [5.41, 5.74) is -0.755. The number of hydrogen-bond donors (Lipinski definition) is 1. The highest BCUT2D eigenvalue weighted by Crippen LogP contribution is 2.38. The van der Waals surface area contributed by atoms with Gasteiger partial charge in [0.05, 0.1) is 0 Å². The largest absolute Gasteiger partial charge is 0.455 e. The fourth-order valence-electron chi connectivity index (χ4n) is 2.81. The molecule has 3 nitrogen and oxygen atoms in total. The van der Waals surface area contributed by atoms with E-state index >= 15 is 0 Å². The summed E-state index contributed by atoms with van der Waals surface area (Å²) in [4.78, 5) is 2.21. The van der Waals surface area contributed by atoms with Crippen molar-refractivity contribution in [3.05, 3.63) is 35.8 Å². The van der Waals surface area contributed by atoms with E-state index < -0.39 is 5.60 Å². The molecule has 2 aromatic rings. The fourth-order valence-corrected chi connectivity index (χ4v) is 2.81. The number of furan rings is 1. The summed E-state index contributed by atoms with van der Waals surface area (Å²) in [6.45, 7) is 2.88. The van der Waals surface area contributed by atoms with Crippen LogP contribution in [0.1, 0.15) is 25.5 Å². The Labute approximate surface area is 111 Å². The molecule has 0 saturated carbocycles. The average Bonchev–Trinajstić information content (AvgIpc) is 2.81. The molecule has 1 aromatic carbocycles. The zero-order valence-corrected chi connectivity index (χ0v) is 11.2. The number of nitrogens with zero attached hydrogens (tertiary/aromatic N) is 1. The van der Waals surface area contributed by atoms with Crippen molar-refractivity contribution in [2.45, 2.75) is 31.4 Å². The van der Waals surface area contributed by atoms with Crippen LogP contribution in [0.15, 0.2) is 28.7 Å². The van der Waals surface area contributed by atoms with Gasteiger partial charge in [0.25, 0.3) is 0 Å². The Hall–Kier alpha value is -1.39. The number of halogens is 1. The lowest BCUT2D eigenvalue weighted by molar-refractivity contribution is -0.0549. The van der Waals surface area contributed by atoms with E-state index in [4.69, 9.17) is 4.42 Å². The van der Waals surface area contributed by atoms with Gasteiger partial charge in [-0.25, -0.2) is 4.39 Å². The molecule has 102 valence electrons. The number of aliphatic hydroxyl groups is 1. The van der Waals surface area contributed by atoms with E-state index in [-0.39, 0.29) is 17.4 Å². The predicted octanol–water partition coefficient (Wildman–Crippen LogP) is 2.87. The lowest BCUT2D eigenvalue weighted by Gasteiger charge is -2.39. The smallest absolute Gasteiger partial charge is 0.170 e. The second-order valence-electron chi connectivity index (χ2n) is 5.58. The predicted molar refractivity (Wildman–Crippen MR) is 71.4 cm³/mol. The highest BCUT2D eigenvalue weighted by molar-refractivity contribution is 5.78. The van der Waals surface area contributed by atoms with Crippen molar-refractivity contribution in [2.75, 3.05) is 13.6 Å². The summed E-state index contributed by atoms with van der Waals surface area (Å²) in [6.07, 6.45) is 1.21. The zero-order valence-electron chi connectivity index (χ0n) is 11.2. The zero-order chi connectivity index (χ0) is 13.6. The van der Waals surface area contributed by atoms with E-state index in [2.05, 4.69) is 11.8 Å². The Balaban J connectivity index is 2.02. The van der Waals surface area contributed by atoms with Crippen LogP contribution in [0.2, 0.25) is 0 Å². The van der Waals surface area contributed by atoms with Gasteiger partial charge >= 0.3 is 0 Å². The minimum absolute atomic E-state index is 0.234. The van der Waals surface area contributed by atoms with Gasteiger partial charge in [0.1, 0.15) is 11.4 Å². The third kappa shape index (κ3) is 2.05. The van der Waals surface area contributed by atoms with E-state index in [0.717, 1.165) is 6.54 Å². The van der Waals surface area contributed by atoms with Gasteiger partial charge in [-0.05, 0) is 38.9 Å². The standard InChI is InChI=1S/C15H18FNO2/c1-10-9-15(18,6-7-17(10)2)13-8-11-4-3-5-12(16)14(11)19-13/h3-5,8,10,18H,6-7,9H2,1-2H3. The van der Waals surface area contributed by atoms with E-state index in [9.17, 15) is 9.50 Å². The first kappa shape index (κ1) is 12.6. The molecule has 2 atom stereocenters. The number of fused-ring (bicyclic) bond motifs is 1. The molecule has 19 heavy (non-hydrogen) atoms. The van der Waals surface area contributed by atoms with Gasteiger partial charge in [0, 0.05) is 18.0 Å². The molecule has 1 aliphatic rings. The summed E-state index contributed by atoms with van der Waals surface area (Å²) in [5.74, 6) is 0.0980. The number of benzene rings is 1. The van der Waals surface area contributed by atoms with Crippen LogP contribution in [0.3, 0.4) is 0 Å². The molecule has 3 rings (SSSR count). The third-order valence-corrected chi connectivity index (χ3v) is 4.22. The van der Waals surface area contributed by atoms with Crippen LogP contribution in [0, 0.1) is 5.82 Å². The second kappa shape index (κ2) is 4.32. The first-order chi connectivity index (χ1) is 8.99. The highest BCUT2D eigenvalue weighted by Gasteiger charge is 2.39. The molecule has 0 amide bonds. The Morgan fingerprint density at radius 3 is 2.95 bits per heavy atom. The van der Waals surface area contributed by atoms with Crippen molar-refractivity contribution in [2.24, 2.45) is 0 Å². The monoisotopic (exact) mass is 263 g/mol. The molecule has 1 aliphatic heterocycles. The van der Waals surface area contributed by atoms with E-state index in [1.807, 2.05) is 7.05 Å². The average molecular weight is 263 g/mol. The van der Waals surface area contributed by atoms with Crippen molar-refractivity contribution in [3.63, 3.8) is 0 Å². The minimum atomic E-state index is -0.989. The number of hydrogen-bond acceptors (Lipinski definition) is 3. The maximum Gasteiger partial charge on any atom is 0.170 e. The molecule has 0 radical (unpaired) electrons. The Kier molecular flexibility index (Phi) is 2.87. The number of rotatable bonds is 1. The maximum atomic E-state index is 13.6. The molecule has 0 spiro atoms. The molecule has 0 aliphatic carbocycles. The summed E-state index contributed by atoms with van der Waals surface area (Å²) in [6, 6.07) is 6.86. The molecule has 1 aromatic heterocycles.